The fourth-order valence-corrected chi connectivity index (χ4v) is 2.27. The van der Waals surface area contributed by atoms with Gasteiger partial charge in [-0.05, 0) is 30.0 Å². The van der Waals surface area contributed by atoms with Crippen LogP contribution in [-0.2, 0) is 16.0 Å². The molecule has 0 aliphatic carbocycles. The molecule has 0 fully saturated rings. The first-order chi connectivity index (χ1) is 10.2. The van der Waals surface area contributed by atoms with Crippen LogP contribution in [0, 0.1) is 0 Å². The van der Waals surface area contributed by atoms with E-state index < -0.39 is 0 Å². The van der Waals surface area contributed by atoms with Crippen LogP contribution < -0.4 is 5.73 Å². The number of hydrogen-bond acceptors (Lipinski definition) is 4. The molecular formula is C17H30N2O2. The van der Waals surface area contributed by atoms with Gasteiger partial charge in [-0.25, -0.2) is 0 Å². The molecule has 0 heterocycles. The number of benzene rings is 1. The zero-order valence-corrected chi connectivity index (χ0v) is 13.7. The summed E-state index contributed by atoms with van der Waals surface area (Å²) in [5.41, 5.74) is 8.35. The maximum Gasteiger partial charge on any atom is 0.0589 e. The molecule has 0 aromatic heterocycles. The van der Waals surface area contributed by atoms with Crippen LogP contribution in [0.4, 0.5) is 0 Å². The van der Waals surface area contributed by atoms with E-state index in [1.54, 1.807) is 14.2 Å². The first-order valence-electron chi connectivity index (χ1n) is 7.70. The number of nitrogens with zero attached hydrogens (tertiary/aromatic N) is 1. The van der Waals surface area contributed by atoms with E-state index in [1.807, 2.05) is 0 Å². The summed E-state index contributed by atoms with van der Waals surface area (Å²) in [6.45, 7) is 7.33. The van der Waals surface area contributed by atoms with E-state index in [9.17, 15) is 0 Å². The fourth-order valence-electron chi connectivity index (χ4n) is 2.27. The minimum absolute atomic E-state index is 0.422. The Morgan fingerprint density at radius 3 is 2.29 bits per heavy atom. The Kier molecular flexibility index (Phi) is 9.26. The number of methoxy groups -OCH3 is 2. The van der Waals surface area contributed by atoms with Crippen LogP contribution in [0.3, 0.4) is 0 Å². The summed E-state index contributed by atoms with van der Waals surface area (Å²) in [6, 6.07) is 8.79. The van der Waals surface area contributed by atoms with Crippen LogP contribution in [-0.4, -0.2) is 52.0 Å². The predicted molar refractivity (Wildman–Crippen MR) is 87.6 cm³/mol. The average molecular weight is 294 g/mol. The second-order valence-electron chi connectivity index (χ2n) is 5.49. The maximum atomic E-state index is 5.71. The molecule has 2 N–H and O–H groups in total. The molecule has 4 nitrogen and oxygen atoms in total. The Morgan fingerprint density at radius 1 is 1.05 bits per heavy atom. The third-order valence-corrected chi connectivity index (χ3v) is 3.74. The third kappa shape index (κ3) is 7.05. The summed E-state index contributed by atoms with van der Waals surface area (Å²) in [7, 11) is 3.49. The summed E-state index contributed by atoms with van der Waals surface area (Å²) in [5, 5.41) is 0. The van der Waals surface area contributed by atoms with E-state index in [1.165, 1.54) is 11.1 Å². The van der Waals surface area contributed by atoms with Crippen LogP contribution >= 0.6 is 0 Å². The normalized spacial score (nSPS) is 12.8. The van der Waals surface area contributed by atoms with E-state index in [4.69, 9.17) is 15.2 Å². The predicted octanol–water partition coefficient (Wildman–Crippen LogP) is 2.23. The zero-order chi connectivity index (χ0) is 15.5. The Morgan fingerprint density at radius 2 is 1.71 bits per heavy atom. The molecule has 0 bridgehead atoms. The van der Waals surface area contributed by atoms with Gasteiger partial charge in [-0.15, -0.1) is 0 Å². The number of hydrogen-bond donors (Lipinski definition) is 1. The van der Waals surface area contributed by atoms with Gasteiger partial charge in [-0.1, -0.05) is 31.2 Å². The second-order valence-corrected chi connectivity index (χ2v) is 5.49. The van der Waals surface area contributed by atoms with Crippen molar-refractivity contribution in [2.45, 2.75) is 25.8 Å². The molecule has 0 amide bonds. The molecule has 0 spiro atoms. The zero-order valence-electron chi connectivity index (χ0n) is 13.7. The van der Waals surface area contributed by atoms with Crippen LogP contribution in [0.5, 0.6) is 0 Å². The van der Waals surface area contributed by atoms with E-state index in [0.29, 0.717) is 12.5 Å². The first-order valence-corrected chi connectivity index (χ1v) is 7.70. The van der Waals surface area contributed by atoms with Crippen LogP contribution in [0.25, 0.3) is 0 Å². The highest BCUT2D eigenvalue weighted by atomic mass is 16.5. The molecule has 1 atom stereocenters. The van der Waals surface area contributed by atoms with Crippen molar-refractivity contribution in [1.82, 2.24) is 4.90 Å². The smallest absolute Gasteiger partial charge is 0.0589 e. The summed E-state index contributed by atoms with van der Waals surface area (Å²) in [4.78, 5) is 2.41. The summed E-state index contributed by atoms with van der Waals surface area (Å²) in [5.74, 6) is 0.422. The molecule has 1 unspecified atom stereocenters. The lowest BCUT2D eigenvalue weighted by Crippen LogP contribution is -2.28. The van der Waals surface area contributed by atoms with Crippen molar-refractivity contribution in [3.05, 3.63) is 35.4 Å². The summed E-state index contributed by atoms with van der Waals surface area (Å²) >= 11 is 0. The van der Waals surface area contributed by atoms with Gasteiger partial charge in [0.05, 0.1) is 6.61 Å². The first kappa shape index (κ1) is 18.1. The van der Waals surface area contributed by atoms with Gasteiger partial charge in [-0.3, -0.25) is 4.90 Å². The van der Waals surface area contributed by atoms with E-state index >= 15 is 0 Å². The second kappa shape index (κ2) is 10.7. The largest absolute Gasteiger partial charge is 0.385 e. The molecule has 1 aromatic rings. The van der Waals surface area contributed by atoms with Gasteiger partial charge in [0.25, 0.3) is 0 Å². The molecule has 0 aliphatic rings. The lowest BCUT2D eigenvalue weighted by Gasteiger charge is -2.22. The monoisotopic (exact) mass is 294 g/mol. The molecule has 4 heteroatoms. The Balaban J connectivity index is 2.55. The minimum Gasteiger partial charge on any atom is -0.385 e. The quantitative estimate of drug-likeness (QED) is 0.636. The molecular weight excluding hydrogens is 264 g/mol. The van der Waals surface area contributed by atoms with Crippen molar-refractivity contribution in [3.63, 3.8) is 0 Å². The number of ether oxygens (including phenoxy) is 2. The van der Waals surface area contributed by atoms with Crippen molar-refractivity contribution in [2.75, 3.05) is 47.1 Å². The highest BCUT2D eigenvalue weighted by Crippen LogP contribution is 2.15. The van der Waals surface area contributed by atoms with Crippen molar-refractivity contribution < 1.29 is 9.47 Å². The highest BCUT2D eigenvalue weighted by molar-refractivity contribution is 5.25. The molecule has 1 aromatic carbocycles. The van der Waals surface area contributed by atoms with Gasteiger partial charge < -0.3 is 15.2 Å². The van der Waals surface area contributed by atoms with Gasteiger partial charge in [0.15, 0.2) is 0 Å². The van der Waals surface area contributed by atoms with E-state index in [2.05, 4.69) is 36.1 Å². The fraction of sp³-hybridized carbons (Fsp3) is 0.647. The summed E-state index contributed by atoms with van der Waals surface area (Å²) < 4.78 is 10.3. The van der Waals surface area contributed by atoms with E-state index in [-0.39, 0.29) is 0 Å². The van der Waals surface area contributed by atoms with Gasteiger partial charge in [0, 0.05) is 40.5 Å². The number of rotatable bonds is 11. The highest BCUT2D eigenvalue weighted by Gasteiger charge is 2.07. The van der Waals surface area contributed by atoms with E-state index in [0.717, 1.165) is 39.3 Å². The standard InChI is InChI=1S/C17H30N2O2/c1-15(13-18)17-7-5-16(6-8-17)14-19(10-12-21-3)9-4-11-20-2/h5-8,15H,4,9-14,18H2,1-3H3. The molecule has 0 saturated heterocycles. The topological polar surface area (TPSA) is 47.7 Å². The van der Waals surface area contributed by atoms with Gasteiger partial charge in [0.1, 0.15) is 0 Å². The molecule has 0 saturated carbocycles. The maximum absolute atomic E-state index is 5.71. The third-order valence-electron chi connectivity index (χ3n) is 3.74. The van der Waals surface area contributed by atoms with Gasteiger partial charge in [0.2, 0.25) is 0 Å². The molecule has 21 heavy (non-hydrogen) atoms. The van der Waals surface area contributed by atoms with Crippen molar-refractivity contribution in [2.24, 2.45) is 5.73 Å². The van der Waals surface area contributed by atoms with Crippen LogP contribution in [0.2, 0.25) is 0 Å². The molecule has 0 radical (unpaired) electrons. The Bertz CT molecular complexity index is 368. The molecule has 0 aliphatic heterocycles. The lowest BCUT2D eigenvalue weighted by molar-refractivity contribution is 0.129. The van der Waals surface area contributed by atoms with Gasteiger partial charge >= 0.3 is 0 Å². The van der Waals surface area contributed by atoms with Gasteiger partial charge in [-0.2, -0.15) is 0 Å². The van der Waals surface area contributed by atoms with Crippen molar-refractivity contribution in [3.8, 4) is 0 Å². The van der Waals surface area contributed by atoms with Crippen LogP contribution in [0.1, 0.15) is 30.4 Å². The van der Waals surface area contributed by atoms with Crippen molar-refractivity contribution in [1.29, 1.82) is 0 Å². The lowest BCUT2D eigenvalue weighted by atomic mass is 10.00. The minimum atomic E-state index is 0.422. The average Bonchev–Trinajstić information content (AvgIpc) is 2.52. The Hall–Kier alpha value is -0.940. The SMILES string of the molecule is COCCCN(CCOC)Cc1ccc(C(C)CN)cc1. The van der Waals surface area contributed by atoms with Crippen LogP contribution in [0.15, 0.2) is 24.3 Å². The molecule has 1 rings (SSSR count). The Labute approximate surface area is 129 Å². The summed E-state index contributed by atoms with van der Waals surface area (Å²) in [6.07, 6.45) is 1.04. The molecule has 120 valence electrons. The number of nitrogens with two attached hydrogens (primary N) is 1. The van der Waals surface area contributed by atoms with Crippen molar-refractivity contribution >= 4 is 0 Å².